The zero-order valence-electron chi connectivity index (χ0n) is 18.3. The Morgan fingerprint density at radius 2 is 2.03 bits per heavy atom. The summed E-state index contributed by atoms with van der Waals surface area (Å²) in [7, 11) is 4.81. The molecule has 0 bridgehead atoms. The van der Waals surface area contributed by atoms with Crippen LogP contribution in [0.4, 0.5) is 10.1 Å². The maximum Gasteiger partial charge on any atom is 0.274 e. The fourth-order valence-corrected chi connectivity index (χ4v) is 3.26. The van der Waals surface area contributed by atoms with Crippen molar-refractivity contribution >= 4 is 23.1 Å². The monoisotopic (exact) mass is 451 g/mol. The van der Waals surface area contributed by atoms with E-state index in [2.05, 4.69) is 20.5 Å². The average Bonchev–Trinajstić information content (AvgIpc) is 3.40. The van der Waals surface area contributed by atoms with Gasteiger partial charge in [0.15, 0.2) is 11.5 Å². The number of ether oxygens (including phenoxy) is 1. The molecule has 0 saturated carbocycles. The highest BCUT2D eigenvalue weighted by atomic mass is 19.1. The van der Waals surface area contributed by atoms with Crippen molar-refractivity contribution in [2.45, 2.75) is 0 Å². The number of benzene rings is 1. The Balaban J connectivity index is 1.58. The second-order valence-electron chi connectivity index (χ2n) is 7.40. The third-order valence-corrected chi connectivity index (χ3v) is 4.82. The second-order valence-corrected chi connectivity index (χ2v) is 7.40. The molecule has 3 aromatic heterocycles. The van der Waals surface area contributed by atoms with Gasteiger partial charge in [-0.15, -0.1) is 5.10 Å². The van der Waals surface area contributed by atoms with E-state index in [4.69, 9.17) is 4.74 Å². The van der Waals surface area contributed by atoms with Gasteiger partial charge >= 0.3 is 0 Å². The first-order chi connectivity index (χ1) is 15.9. The highest BCUT2D eigenvalue weighted by molar-refractivity contribution is 6.11. The maximum absolute atomic E-state index is 12.9. The van der Waals surface area contributed by atoms with Gasteiger partial charge in [0.25, 0.3) is 11.8 Å². The van der Waals surface area contributed by atoms with E-state index in [9.17, 15) is 14.0 Å². The minimum Gasteiger partial charge on any atom is -0.491 e. The number of hydrogen-bond donors (Lipinski definition) is 1. The number of amides is 2. The van der Waals surface area contributed by atoms with Crippen LogP contribution in [-0.2, 0) is 7.05 Å². The lowest BCUT2D eigenvalue weighted by molar-refractivity contribution is 0.0821. The van der Waals surface area contributed by atoms with Gasteiger partial charge in [0.2, 0.25) is 0 Å². The normalized spacial score (nSPS) is 10.9. The number of alkyl halides is 1. The molecule has 10 nitrogen and oxygen atoms in total. The van der Waals surface area contributed by atoms with Crippen molar-refractivity contribution in [1.82, 2.24) is 29.3 Å². The first-order valence-electron chi connectivity index (χ1n) is 10.1. The van der Waals surface area contributed by atoms with Gasteiger partial charge in [-0.05, 0) is 18.2 Å². The van der Waals surface area contributed by atoms with Gasteiger partial charge in [-0.2, -0.15) is 5.10 Å². The molecular formula is C22H22FN7O3. The number of aromatic nitrogens is 5. The van der Waals surface area contributed by atoms with Crippen molar-refractivity contribution in [3.05, 3.63) is 60.0 Å². The first-order valence-corrected chi connectivity index (χ1v) is 10.1. The number of halogens is 1. The molecule has 0 aliphatic heterocycles. The van der Waals surface area contributed by atoms with Gasteiger partial charge in [-0.3, -0.25) is 14.3 Å². The van der Waals surface area contributed by atoms with Crippen LogP contribution in [0.3, 0.4) is 0 Å². The third-order valence-electron chi connectivity index (χ3n) is 4.82. The van der Waals surface area contributed by atoms with Crippen LogP contribution in [0.5, 0.6) is 5.75 Å². The zero-order chi connectivity index (χ0) is 23.5. The summed E-state index contributed by atoms with van der Waals surface area (Å²) in [5, 5.41) is 11.3. The molecule has 0 aliphatic carbocycles. The minimum absolute atomic E-state index is 0.0242. The standard InChI is InChI=1S/C22H22FN7O3/c1-28(2)22(32)17-13-24-29(3)19(17)21(31)25-15-7-9-30-18(12-15)26-20(27-30)14-5-4-6-16(11-14)33-10-8-23/h4-7,9,11-13H,8,10H2,1-3H3,(H,25,31). The molecule has 0 fully saturated rings. The maximum atomic E-state index is 12.9. The molecule has 0 saturated heterocycles. The number of pyridine rings is 1. The molecule has 170 valence electrons. The Hall–Kier alpha value is -4.28. The van der Waals surface area contributed by atoms with Gasteiger partial charge in [-0.1, -0.05) is 12.1 Å². The topological polar surface area (TPSA) is 107 Å². The number of anilines is 1. The van der Waals surface area contributed by atoms with Crippen LogP contribution >= 0.6 is 0 Å². The molecule has 2 amide bonds. The molecule has 0 atom stereocenters. The van der Waals surface area contributed by atoms with Crippen molar-refractivity contribution in [1.29, 1.82) is 0 Å². The summed E-state index contributed by atoms with van der Waals surface area (Å²) in [6.45, 7) is -0.599. The Labute approximate surface area is 188 Å². The number of hydrogen-bond acceptors (Lipinski definition) is 6. The van der Waals surface area contributed by atoms with Gasteiger partial charge in [-0.25, -0.2) is 13.9 Å². The second kappa shape index (κ2) is 9.07. The summed E-state index contributed by atoms with van der Waals surface area (Å²) >= 11 is 0. The number of aryl methyl sites for hydroxylation is 1. The number of rotatable bonds is 7. The molecule has 3 heterocycles. The van der Waals surface area contributed by atoms with Gasteiger partial charge in [0.1, 0.15) is 24.7 Å². The molecular weight excluding hydrogens is 429 g/mol. The Kier molecular flexibility index (Phi) is 6.03. The SMILES string of the molecule is CN(C)C(=O)c1cnn(C)c1C(=O)Nc1ccn2nc(-c3cccc(OCCF)c3)nc2c1. The summed E-state index contributed by atoms with van der Waals surface area (Å²) in [6, 6.07) is 10.4. The molecule has 11 heteroatoms. The van der Waals surface area contributed by atoms with Crippen LogP contribution in [0.25, 0.3) is 17.0 Å². The van der Waals surface area contributed by atoms with Crippen LogP contribution < -0.4 is 10.1 Å². The van der Waals surface area contributed by atoms with Crippen LogP contribution in [0.2, 0.25) is 0 Å². The highest BCUT2D eigenvalue weighted by Gasteiger charge is 2.23. The molecule has 33 heavy (non-hydrogen) atoms. The van der Waals surface area contributed by atoms with Crippen molar-refractivity contribution in [3.8, 4) is 17.1 Å². The van der Waals surface area contributed by atoms with E-state index in [-0.39, 0.29) is 23.8 Å². The third kappa shape index (κ3) is 4.52. The Morgan fingerprint density at radius 3 is 2.79 bits per heavy atom. The van der Waals surface area contributed by atoms with Crippen molar-refractivity contribution in [3.63, 3.8) is 0 Å². The van der Waals surface area contributed by atoms with Crippen LogP contribution in [0.15, 0.2) is 48.8 Å². The van der Waals surface area contributed by atoms with E-state index in [1.807, 2.05) is 6.07 Å². The highest BCUT2D eigenvalue weighted by Crippen LogP contribution is 2.23. The minimum atomic E-state index is -0.574. The van der Waals surface area contributed by atoms with Crippen LogP contribution in [0, 0.1) is 0 Å². The Bertz CT molecular complexity index is 1330. The number of fused-ring (bicyclic) bond motifs is 1. The summed E-state index contributed by atoms with van der Waals surface area (Å²) in [5.41, 5.74) is 2.06. The molecule has 0 spiro atoms. The largest absolute Gasteiger partial charge is 0.491 e. The van der Waals surface area contributed by atoms with E-state index in [1.165, 1.54) is 15.8 Å². The molecule has 4 rings (SSSR count). The van der Waals surface area contributed by atoms with Crippen molar-refractivity contribution < 1.29 is 18.7 Å². The van der Waals surface area contributed by atoms with E-state index in [0.717, 1.165) is 0 Å². The molecule has 0 unspecified atom stereocenters. The van der Waals surface area contributed by atoms with Crippen LogP contribution in [-0.4, -0.2) is 68.5 Å². The van der Waals surface area contributed by atoms with Gasteiger partial charge in [0.05, 0.1) is 11.8 Å². The summed E-state index contributed by atoms with van der Waals surface area (Å²) < 4.78 is 20.6. The van der Waals surface area contributed by atoms with Crippen molar-refractivity contribution in [2.75, 3.05) is 32.7 Å². The lowest BCUT2D eigenvalue weighted by atomic mass is 10.2. The number of nitrogens with one attached hydrogen (secondary N) is 1. The fraction of sp³-hybridized carbons (Fsp3) is 0.227. The first kappa shape index (κ1) is 21.9. The summed E-state index contributed by atoms with van der Waals surface area (Å²) in [4.78, 5) is 31.2. The number of carbonyl (C=O) groups excluding carboxylic acids is 2. The van der Waals surface area contributed by atoms with E-state index < -0.39 is 12.6 Å². The zero-order valence-corrected chi connectivity index (χ0v) is 18.3. The number of nitrogens with zero attached hydrogens (tertiary/aromatic N) is 6. The lowest BCUT2D eigenvalue weighted by Gasteiger charge is -2.11. The lowest BCUT2D eigenvalue weighted by Crippen LogP contribution is -2.26. The predicted octanol–water partition coefficient (Wildman–Crippen LogP) is 2.43. The van der Waals surface area contributed by atoms with Crippen molar-refractivity contribution in [2.24, 2.45) is 7.05 Å². The summed E-state index contributed by atoms with van der Waals surface area (Å²) in [6.07, 6.45) is 3.04. The smallest absolute Gasteiger partial charge is 0.274 e. The molecule has 0 aliphatic rings. The quantitative estimate of drug-likeness (QED) is 0.463. The van der Waals surface area contributed by atoms with Gasteiger partial charge < -0.3 is 15.0 Å². The molecule has 1 aromatic carbocycles. The van der Waals surface area contributed by atoms with E-state index >= 15 is 0 Å². The summed E-state index contributed by atoms with van der Waals surface area (Å²) in [5.74, 6) is 0.191. The molecule has 0 radical (unpaired) electrons. The predicted molar refractivity (Wildman–Crippen MR) is 119 cm³/mol. The van der Waals surface area contributed by atoms with Gasteiger partial charge in [0, 0.05) is 44.7 Å². The van der Waals surface area contributed by atoms with E-state index in [0.29, 0.717) is 28.5 Å². The number of carbonyl (C=O) groups is 2. The fourth-order valence-electron chi connectivity index (χ4n) is 3.26. The molecule has 1 N–H and O–H groups in total. The Morgan fingerprint density at radius 1 is 1.21 bits per heavy atom. The molecule has 4 aromatic rings. The van der Waals surface area contributed by atoms with Crippen LogP contribution in [0.1, 0.15) is 20.8 Å². The van der Waals surface area contributed by atoms with E-state index in [1.54, 1.807) is 62.2 Å². The average molecular weight is 451 g/mol.